The molecule has 0 aliphatic carbocycles. The van der Waals surface area contributed by atoms with E-state index in [-0.39, 0.29) is 12.4 Å². The molecule has 43 heavy (non-hydrogen) atoms. The summed E-state index contributed by atoms with van der Waals surface area (Å²) in [6.45, 7) is 6.92. The molecule has 5 rings (SSSR count). The fourth-order valence-electron chi connectivity index (χ4n) is 5.02. The summed E-state index contributed by atoms with van der Waals surface area (Å²) < 4.78 is 57.9. The molecule has 0 bridgehead atoms. The Morgan fingerprint density at radius 2 is 1.88 bits per heavy atom. The second-order valence-electron chi connectivity index (χ2n) is 10.7. The van der Waals surface area contributed by atoms with Crippen molar-refractivity contribution in [3.8, 4) is 5.75 Å². The molecule has 1 aromatic heterocycles. The number of ether oxygens (including phenoxy) is 3. The molecule has 0 spiro atoms. The Morgan fingerprint density at radius 1 is 1.07 bits per heavy atom. The fraction of sp³-hybridized carbons (Fsp3) is 0.312. The standard InChI is InChI=1S/C32H33BrFN3O5S/c1-20(2)43(38,39)22(4)42-21(3)32(13-6-14-41-32)24-9-11-29-27(16-24)31(36-19-35-29)37-26-10-12-30(28(33)17-26)40-18-23-7-5-8-25(34)15-23/h5-12,14-17,19-22H,13,18H2,1-4H3,(H,35,36,37). The van der Waals surface area contributed by atoms with Crippen molar-refractivity contribution in [3.63, 3.8) is 0 Å². The van der Waals surface area contributed by atoms with Gasteiger partial charge in [0.15, 0.2) is 20.9 Å². The lowest BCUT2D eigenvalue weighted by molar-refractivity contribution is -0.106. The molecule has 4 aromatic rings. The first kappa shape index (κ1) is 30.9. The van der Waals surface area contributed by atoms with Crippen LogP contribution in [-0.4, -0.2) is 35.2 Å². The molecule has 11 heteroatoms. The predicted octanol–water partition coefficient (Wildman–Crippen LogP) is 7.56. The van der Waals surface area contributed by atoms with E-state index in [0.717, 1.165) is 27.7 Å². The maximum absolute atomic E-state index is 13.5. The number of benzene rings is 3. The monoisotopic (exact) mass is 669 g/mol. The topological polar surface area (TPSA) is 99.6 Å². The van der Waals surface area contributed by atoms with Gasteiger partial charge in [-0.25, -0.2) is 22.8 Å². The van der Waals surface area contributed by atoms with Gasteiger partial charge in [0.1, 0.15) is 36.4 Å². The van der Waals surface area contributed by atoms with Crippen LogP contribution in [-0.2, 0) is 31.5 Å². The molecule has 226 valence electrons. The summed E-state index contributed by atoms with van der Waals surface area (Å²) in [5.74, 6) is 0.884. The van der Waals surface area contributed by atoms with E-state index in [9.17, 15) is 12.8 Å². The average Bonchev–Trinajstić information content (AvgIpc) is 3.48. The van der Waals surface area contributed by atoms with Gasteiger partial charge in [0.05, 0.1) is 21.5 Å². The number of rotatable bonds is 11. The lowest BCUT2D eigenvalue weighted by Gasteiger charge is -2.36. The Bertz CT molecular complexity index is 1760. The number of sulfone groups is 1. The first-order valence-electron chi connectivity index (χ1n) is 13.9. The average molecular weight is 671 g/mol. The molecule has 2 heterocycles. The second-order valence-corrected chi connectivity index (χ2v) is 14.3. The van der Waals surface area contributed by atoms with Crippen molar-refractivity contribution in [2.24, 2.45) is 0 Å². The molecular formula is C32H33BrFN3O5S. The van der Waals surface area contributed by atoms with Gasteiger partial charge < -0.3 is 19.5 Å². The van der Waals surface area contributed by atoms with Crippen molar-refractivity contribution in [1.29, 1.82) is 0 Å². The van der Waals surface area contributed by atoms with E-state index in [1.54, 1.807) is 39.2 Å². The number of hydrogen-bond donors (Lipinski definition) is 1. The largest absolute Gasteiger partial charge is 0.488 e. The zero-order valence-electron chi connectivity index (χ0n) is 24.3. The van der Waals surface area contributed by atoms with E-state index in [2.05, 4.69) is 31.2 Å². The van der Waals surface area contributed by atoms with Gasteiger partial charge in [0.2, 0.25) is 0 Å². The SMILES string of the molecule is CC(OC(C)S(=O)(=O)C(C)C)C1(c2ccc3ncnc(Nc4ccc(OCc5cccc(F)c5)c(Br)c4)c3c2)CC=CO1. The van der Waals surface area contributed by atoms with E-state index in [0.29, 0.717) is 22.5 Å². The molecule has 0 fully saturated rings. The Hall–Kier alpha value is -3.54. The summed E-state index contributed by atoms with van der Waals surface area (Å²) in [7, 11) is -3.47. The minimum absolute atomic E-state index is 0.228. The van der Waals surface area contributed by atoms with Gasteiger partial charge in [-0.05, 0) is 103 Å². The molecule has 3 aromatic carbocycles. The predicted molar refractivity (Wildman–Crippen MR) is 168 cm³/mol. The number of nitrogens with one attached hydrogen (secondary N) is 1. The molecule has 0 saturated carbocycles. The van der Waals surface area contributed by atoms with Crippen molar-refractivity contribution >= 4 is 48.2 Å². The Kier molecular flexibility index (Phi) is 9.05. The molecule has 3 atom stereocenters. The van der Waals surface area contributed by atoms with Gasteiger partial charge in [-0.1, -0.05) is 18.2 Å². The summed E-state index contributed by atoms with van der Waals surface area (Å²) in [6, 6.07) is 17.6. The van der Waals surface area contributed by atoms with Gasteiger partial charge in [0, 0.05) is 17.5 Å². The van der Waals surface area contributed by atoms with Crippen LogP contribution in [0.5, 0.6) is 5.75 Å². The van der Waals surface area contributed by atoms with Gasteiger partial charge in [0.25, 0.3) is 0 Å². The first-order valence-corrected chi connectivity index (χ1v) is 16.3. The van der Waals surface area contributed by atoms with Crippen molar-refractivity contribution in [2.45, 2.75) is 63.1 Å². The first-order chi connectivity index (χ1) is 20.5. The van der Waals surface area contributed by atoms with Gasteiger partial charge in [-0.2, -0.15) is 0 Å². The number of anilines is 2. The van der Waals surface area contributed by atoms with Crippen LogP contribution in [0, 0.1) is 5.82 Å². The minimum Gasteiger partial charge on any atom is -0.488 e. The van der Waals surface area contributed by atoms with Crippen molar-refractivity contribution < 1.29 is 27.0 Å². The van der Waals surface area contributed by atoms with Crippen molar-refractivity contribution in [2.75, 3.05) is 5.32 Å². The highest BCUT2D eigenvalue weighted by Gasteiger charge is 2.44. The highest BCUT2D eigenvalue weighted by Crippen LogP contribution is 2.42. The molecule has 1 aliphatic heterocycles. The Labute approximate surface area is 259 Å². The van der Waals surface area contributed by atoms with E-state index < -0.39 is 32.2 Å². The van der Waals surface area contributed by atoms with Crippen LogP contribution in [0.15, 0.2) is 83.8 Å². The van der Waals surface area contributed by atoms with Crippen LogP contribution in [0.3, 0.4) is 0 Å². The van der Waals surface area contributed by atoms with Crippen LogP contribution < -0.4 is 10.1 Å². The third kappa shape index (κ3) is 6.53. The lowest BCUT2D eigenvalue weighted by Crippen LogP contribution is -2.43. The van der Waals surface area contributed by atoms with Crippen LogP contribution in [0.4, 0.5) is 15.9 Å². The smallest absolute Gasteiger partial charge is 0.179 e. The summed E-state index contributed by atoms with van der Waals surface area (Å²) in [5, 5.41) is 3.56. The third-order valence-electron chi connectivity index (χ3n) is 7.57. The van der Waals surface area contributed by atoms with Gasteiger partial charge in [-0.3, -0.25) is 0 Å². The zero-order chi connectivity index (χ0) is 30.8. The molecular weight excluding hydrogens is 637 g/mol. The Balaban J connectivity index is 1.39. The molecule has 0 radical (unpaired) electrons. The minimum atomic E-state index is -3.47. The van der Waals surface area contributed by atoms with Crippen molar-refractivity contribution in [1.82, 2.24) is 9.97 Å². The summed E-state index contributed by atoms with van der Waals surface area (Å²) in [4.78, 5) is 8.94. The summed E-state index contributed by atoms with van der Waals surface area (Å²) in [5.41, 5.74) is 1.10. The van der Waals surface area contributed by atoms with Crippen LogP contribution in [0.25, 0.3) is 10.9 Å². The van der Waals surface area contributed by atoms with Crippen LogP contribution in [0.2, 0.25) is 0 Å². The van der Waals surface area contributed by atoms with Gasteiger partial charge >= 0.3 is 0 Å². The zero-order valence-corrected chi connectivity index (χ0v) is 26.7. The number of hydrogen-bond acceptors (Lipinski definition) is 8. The van der Waals surface area contributed by atoms with E-state index in [1.807, 2.05) is 49.4 Å². The lowest BCUT2D eigenvalue weighted by atomic mass is 9.85. The fourth-order valence-corrected chi connectivity index (χ4v) is 6.60. The van der Waals surface area contributed by atoms with E-state index in [1.165, 1.54) is 18.5 Å². The van der Waals surface area contributed by atoms with Gasteiger partial charge in [-0.15, -0.1) is 0 Å². The summed E-state index contributed by atoms with van der Waals surface area (Å²) >= 11 is 3.57. The third-order valence-corrected chi connectivity index (χ3v) is 10.5. The van der Waals surface area contributed by atoms with E-state index >= 15 is 0 Å². The maximum Gasteiger partial charge on any atom is 0.179 e. The maximum atomic E-state index is 13.5. The number of fused-ring (bicyclic) bond motifs is 1. The highest BCUT2D eigenvalue weighted by atomic mass is 79.9. The quantitative estimate of drug-likeness (QED) is 0.175. The Morgan fingerprint density at radius 3 is 2.58 bits per heavy atom. The number of halogens is 2. The van der Waals surface area contributed by atoms with Crippen LogP contribution in [0.1, 0.15) is 45.2 Å². The highest BCUT2D eigenvalue weighted by molar-refractivity contribution is 9.10. The van der Waals surface area contributed by atoms with E-state index in [4.69, 9.17) is 14.2 Å². The molecule has 0 saturated heterocycles. The molecule has 3 unspecified atom stereocenters. The number of nitrogens with zero attached hydrogens (tertiary/aromatic N) is 2. The molecule has 1 N–H and O–H groups in total. The molecule has 0 amide bonds. The molecule has 8 nitrogen and oxygen atoms in total. The molecule has 1 aliphatic rings. The number of aromatic nitrogens is 2. The second kappa shape index (κ2) is 12.6. The van der Waals surface area contributed by atoms with Crippen molar-refractivity contribution in [3.05, 3.63) is 101 Å². The van der Waals surface area contributed by atoms with Crippen LogP contribution >= 0.6 is 15.9 Å². The normalized spacial score (nSPS) is 18.0. The summed E-state index contributed by atoms with van der Waals surface area (Å²) in [6.07, 6.45) is 4.95.